The van der Waals surface area contributed by atoms with E-state index in [-0.39, 0.29) is 0 Å². The average Bonchev–Trinajstić information content (AvgIpc) is 2.67. The van der Waals surface area contributed by atoms with Gasteiger partial charge in [-0.15, -0.1) is 0 Å². The Labute approximate surface area is 184 Å². The van der Waals surface area contributed by atoms with E-state index >= 15 is 0 Å². The lowest BCUT2D eigenvalue weighted by molar-refractivity contribution is 0.106. The van der Waals surface area contributed by atoms with Crippen molar-refractivity contribution in [1.29, 1.82) is 0 Å². The van der Waals surface area contributed by atoms with Crippen LogP contribution in [0.1, 0.15) is 69.9 Å². The Morgan fingerprint density at radius 1 is 1.20 bits per heavy atom. The molecule has 170 valence electrons. The molecule has 1 saturated heterocycles. The Balaban J connectivity index is 1.77. The highest BCUT2D eigenvalue weighted by molar-refractivity contribution is 7.88. The Kier molecular flexibility index (Phi) is 7.86. The van der Waals surface area contributed by atoms with E-state index in [0.29, 0.717) is 36.9 Å². The maximum Gasteiger partial charge on any atom is 0.211 e. The lowest BCUT2D eigenvalue weighted by Crippen LogP contribution is -2.47. The first-order valence-corrected chi connectivity index (χ1v) is 13.6. The molecular weight excluding hydrogens is 394 g/mol. The topological polar surface area (TPSA) is 66.6 Å². The van der Waals surface area contributed by atoms with Crippen LogP contribution in [0.15, 0.2) is 18.2 Å². The third kappa shape index (κ3) is 5.77. The molecule has 1 heterocycles. The molecule has 2 unspecified atom stereocenters. The van der Waals surface area contributed by atoms with E-state index in [1.807, 2.05) is 6.07 Å². The van der Waals surface area contributed by atoms with E-state index in [2.05, 4.69) is 37.8 Å². The fraction of sp³-hybridized carbons (Fsp3) is 0.750. The number of anilines is 1. The van der Waals surface area contributed by atoms with Crippen LogP contribution in [0.25, 0.3) is 0 Å². The largest absolute Gasteiger partial charge is 0.399 e. The average molecular weight is 436 g/mol. The zero-order valence-electron chi connectivity index (χ0n) is 19.3. The van der Waals surface area contributed by atoms with Gasteiger partial charge in [0, 0.05) is 37.3 Å². The smallest absolute Gasteiger partial charge is 0.211 e. The molecule has 1 aliphatic heterocycles. The number of benzene rings is 1. The zero-order valence-corrected chi connectivity index (χ0v) is 20.1. The second kappa shape index (κ2) is 10.0. The minimum Gasteiger partial charge on any atom is -0.399 e. The van der Waals surface area contributed by atoms with Crippen molar-refractivity contribution in [2.75, 3.05) is 38.2 Å². The number of nitrogen functional groups attached to an aromatic ring is 1. The van der Waals surface area contributed by atoms with Crippen molar-refractivity contribution in [3.63, 3.8) is 0 Å². The third-order valence-corrected chi connectivity index (χ3v) is 8.29. The molecule has 1 fully saturated rings. The molecule has 0 amide bonds. The van der Waals surface area contributed by atoms with Crippen molar-refractivity contribution >= 4 is 15.7 Å². The van der Waals surface area contributed by atoms with Gasteiger partial charge in [0.15, 0.2) is 0 Å². The number of hydrogen-bond donors (Lipinski definition) is 1. The number of piperidine rings is 1. The summed E-state index contributed by atoms with van der Waals surface area (Å²) in [6, 6.07) is 7.06. The summed E-state index contributed by atoms with van der Waals surface area (Å²) in [5.41, 5.74) is 10.0. The minimum atomic E-state index is -3.06. The molecule has 1 aliphatic carbocycles. The molecule has 0 bridgehead atoms. The van der Waals surface area contributed by atoms with Crippen LogP contribution >= 0.6 is 0 Å². The van der Waals surface area contributed by atoms with Crippen LogP contribution in [-0.2, 0) is 16.4 Å². The summed E-state index contributed by atoms with van der Waals surface area (Å²) in [5.74, 6) is 1.75. The van der Waals surface area contributed by atoms with Crippen LogP contribution in [0.4, 0.5) is 5.69 Å². The summed E-state index contributed by atoms with van der Waals surface area (Å²) in [6.45, 7) is 10.5. The van der Waals surface area contributed by atoms with Gasteiger partial charge in [0.1, 0.15) is 0 Å². The lowest BCUT2D eigenvalue weighted by atomic mass is 9.74. The minimum absolute atomic E-state index is 0.528. The summed E-state index contributed by atoms with van der Waals surface area (Å²) in [5, 5.41) is 0. The van der Waals surface area contributed by atoms with E-state index in [9.17, 15) is 8.42 Å². The van der Waals surface area contributed by atoms with Gasteiger partial charge in [0.2, 0.25) is 10.0 Å². The molecule has 1 aromatic rings. The van der Waals surface area contributed by atoms with Gasteiger partial charge in [-0.3, -0.25) is 4.90 Å². The molecule has 30 heavy (non-hydrogen) atoms. The van der Waals surface area contributed by atoms with Gasteiger partial charge in [-0.2, -0.15) is 0 Å². The molecule has 0 radical (unpaired) electrons. The van der Waals surface area contributed by atoms with Crippen LogP contribution in [-0.4, -0.2) is 56.1 Å². The number of rotatable bonds is 8. The maximum absolute atomic E-state index is 11.9. The molecule has 0 saturated carbocycles. The highest BCUT2D eigenvalue weighted by atomic mass is 32.2. The Morgan fingerprint density at radius 2 is 1.90 bits per heavy atom. The van der Waals surface area contributed by atoms with E-state index in [4.69, 9.17) is 5.73 Å². The van der Waals surface area contributed by atoms with Crippen LogP contribution < -0.4 is 5.73 Å². The quantitative estimate of drug-likeness (QED) is 0.625. The van der Waals surface area contributed by atoms with Gasteiger partial charge in [-0.1, -0.05) is 26.8 Å². The molecular formula is C24H41N3O2S. The predicted octanol–water partition coefficient (Wildman–Crippen LogP) is 4.10. The van der Waals surface area contributed by atoms with E-state index < -0.39 is 10.0 Å². The Bertz CT molecular complexity index is 801. The summed E-state index contributed by atoms with van der Waals surface area (Å²) >= 11 is 0. The van der Waals surface area contributed by atoms with Crippen molar-refractivity contribution in [1.82, 2.24) is 9.21 Å². The highest BCUT2D eigenvalue weighted by Crippen LogP contribution is 2.40. The molecule has 2 N–H and O–H groups in total. The van der Waals surface area contributed by atoms with Crippen molar-refractivity contribution in [3.05, 3.63) is 29.3 Å². The number of nitrogens with zero attached hydrogens (tertiary/aromatic N) is 2. The highest BCUT2D eigenvalue weighted by Gasteiger charge is 2.35. The number of nitrogens with two attached hydrogens (primary N) is 1. The van der Waals surface area contributed by atoms with Crippen molar-refractivity contribution < 1.29 is 8.42 Å². The van der Waals surface area contributed by atoms with Crippen molar-refractivity contribution in [3.8, 4) is 0 Å². The Hall–Kier alpha value is -1.11. The standard InChI is InChI=1S/C24H41N3O2S/c1-5-12-26(17-19-10-13-27(14-11-19)30(4,28)29)24-9-7-20-6-8-21(25)16-22(20)23(24)15-18(2)3/h6,8,16,18-19,23-24H,5,7,9-15,17,25H2,1-4H3. The fourth-order valence-corrected chi connectivity index (χ4v) is 6.44. The van der Waals surface area contributed by atoms with Gasteiger partial charge >= 0.3 is 0 Å². The summed E-state index contributed by atoms with van der Waals surface area (Å²) < 4.78 is 25.4. The first-order chi connectivity index (χ1) is 14.2. The monoisotopic (exact) mass is 435 g/mol. The number of hydrogen-bond acceptors (Lipinski definition) is 4. The molecule has 3 rings (SSSR count). The molecule has 6 heteroatoms. The second-order valence-electron chi connectivity index (χ2n) is 9.90. The third-order valence-electron chi connectivity index (χ3n) is 6.98. The predicted molar refractivity (Wildman–Crippen MR) is 126 cm³/mol. The summed E-state index contributed by atoms with van der Waals surface area (Å²) in [7, 11) is -3.06. The molecule has 0 spiro atoms. The van der Waals surface area contributed by atoms with Crippen LogP contribution in [0.2, 0.25) is 0 Å². The van der Waals surface area contributed by atoms with E-state index in [1.165, 1.54) is 30.2 Å². The van der Waals surface area contributed by atoms with Gasteiger partial charge in [-0.25, -0.2) is 12.7 Å². The summed E-state index contributed by atoms with van der Waals surface area (Å²) in [4.78, 5) is 2.74. The van der Waals surface area contributed by atoms with Crippen molar-refractivity contribution in [2.45, 2.75) is 71.3 Å². The molecule has 5 nitrogen and oxygen atoms in total. The van der Waals surface area contributed by atoms with Crippen LogP contribution in [0, 0.1) is 11.8 Å². The van der Waals surface area contributed by atoms with Gasteiger partial charge in [-0.05, 0) is 80.2 Å². The first kappa shape index (κ1) is 23.6. The normalized spacial score (nSPS) is 23.8. The fourth-order valence-electron chi connectivity index (χ4n) is 5.56. The zero-order chi connectivity index (χ0) is 21.9. The van der Waals surface area contributed by atoms with Gasteiger partial charge < -0.3 is 5.73 Å². The van der Waals surface area contributed by atoms with Gasteiger partial charge in [0.25, 0.3) is 0 Å². The number of sulfonamides is 1. The summed E-state index contributed by atoms with van der Waals surface area (Å²) in [6.07, 6.45) is 7.94. The second-order valence-corrected chi connectivity index (χ2v) is 11.9. The van der Waals surface area contributed by atoms with E-state index in [0.717, 1.165) is 44.5 Å². The molecule has 2 aliphatic rings. The maximum atomic E-state index is 11.9. The van der Waals surface area contributed by atoms with Gasteiger partial charge in [0.05, 0.1) is 6.26 Å². The Morgan fingerprint density at radius 3 is 2.50 bits per heavy atom. The van der Waals surface area contributed by atoms with Crippen LogP contribution in [0.5, 0.6) is 0 Å². The molecule has 2 atom stereocenters. The lowest BCUT2D eigenvalue weighted by Gasteiger charge is -2.44. The van der Waals surface area contributed by atoms with Crippen molar-refractivity contribution in [2.24, 2.45) is 11.8 Å². The van der Waals surface area contributed by atoms with E-state index in [1.54, 1.807) is 4.31 Å². The molecule has 0 aromatic heterocycles. The number of fused-ring (bicyclic) bond motifs is 1. The number of aryl methyl sites for hydroxylation is 1. The SMILES string of the molecule is CCCN(CC1CCN(S(C)(=O)=O)CC1)C1CCc2ccc(N)cc2C1CC(C)C. The first-order valence-electron chi connectivity index (χ1n) is 11.8. The van der Waals surface area contributed by atoms with Crippen LogP contribution in [0.3, 0.4) is 0 Å². The molecule has 1 aromatic carbocycles.